The molecule has 1 aromatic rings. The van der Waals surface area contributed by atoms with Gasteiger partial charge in [-0.2, -0.15) is 8.78 Å². The summed E-state index contributed by atoms with van der Waals surface area (Å²) in [5, 5.41) is 0. The maximum atomic E-state index is 14.2. The molecule has 3 atom stereocenters. The third-order valence-corrected chi connectivity index (χ3v) is 7.66. The summed E-state index contributed by atoms with van der Waals surface area (Å²) in [6.45, 7) is 7.28. The van der Waals surface area contributed by atoms with Gasteiger partial charge in [0.05, 0.1) is 13.2 Å². The highest BCUT2D eigenvalue weighted by Gasteiger charge is 2.34. The molecule has 4 heteroatoms. The van der Waals surface area contributed by atoms with Gasteiger partial charge in [0.1, 0.15) is 0 Å². The molecule has 0 spiro atoms. The first-order chi connectivity index (χ1) is 14.5. The molecule has 2 saturated carbocycles. The minimum Gasteiger partial charge on any atom is -0.491 e. The first-order valence-corrected chi connectivity index (χ1v) is 12.3. The summed E-state index contributed by atoms with van der Waals surface area (Å²) in [4.78, 5) is 0. The fourth-order valence-electron chi connectivity index (χ4n) is 5.75. The third kappa shape index (κ3) is 5.88. The number of ether oxygens (including phenoxy) is 2. The molecule has 0 N–H and O–H groups in total. The minimum atomic E-state index is -0.957. The molecule has 2 nitrogen and oxygen atoms in total. The summed E-state index contributed by atoms with van der Waals surface area (Å²) in [5.74, 6) is 2.02. The van der Waals surface area contributed by atoms with Gasteiger partial charge in [0.25, 0.3) is 0 Å². The summed E-state index contributed by atoms with van der Waals surface area (Å²) in [5.41, 5.74) is 0. The topological polar surface area (TPSA) is 18.5 Å². The van der Waals surface area contributed by atoms with Crippen molar-refractivity contribution in [2.24, 2.45) is 29.6 Å². The zero-order valence-electron chi connectivity index (χ0n) is 19.1. The van der Waals surface area contributed by atoms with Gasteiger partial charge in [0, 0.05) is 0 Å². The lowest BCUT2D eigenvalue weighted by Crippen LogP contribution is -2.30. The fraction of sp³-hybridized carbons (Fsp3) is 0.769. The van der Waals surface area contributed by atoms with Crippen LogP contribution in [-0.2, 0) is 0 Å². The van der Waals surface area contributed by atoms with E-state index in [4.69, 9.17) is 9.47 Å². The van der Waals surface area contributed by atoms with Crippen molar-refractivity contribution in [2.75, 3.05) is 13.2 Å². The molecule has 0 bridgehead atoms. The van der Waals surface area contributed by atoms with E-state index in [1.54, 1.807) is 6.92 Å². The van der Waals surface area contributed by atoms with Crippen LogP contribution >= 0.6 is 0 Å². The maximum Gasteiger partial charge on any atom is 0.204 e. The van der Waals surface area contributed by atoms with E-state index < -0.39 is 11.6 Å². The molecule has 0 saturated heterocycles. The Morgan fingerprint density at radius 3 is 2.10 bits per heavy atom. The van der Waals surface area contributed by atoms with Crippen molar-refractivity contribution in [3.63, 3.8) is 0 Å². The van der Waals surface area contributed by atoms with Crippen LogP contribution < -0.4 is 9.47 Å². The highest BCUT2D eigenvalue weighted by atomic mass is 19.2. The van der Waals surface area contributed by atoms with Gasteiger partial charge in [-0.1, -0.05) is 33.1 Å². The van der Waals surface area contributed by atoms with Crippen LogP contribution in [0.3, 0.4) is 0 Å². The average Bonchev–Trinajstić information content (AvgIpc) is 2.76. The first kappa shape index (κ1) is 23.3. The molecule has 0 radical (unpaired) electrons. The summed E-state index contributed by atoms with van der Waals surface area (Å²) < 4.78 is 39.0. The van der Waals surface area contributed by atoms with Crippen LogP contribution in [0.4, 0.5) is 8.78 Å². The smallest absolute Gasteiger partial charge is 0.204 e. The number of rotatable bonds is 9. The summed E-state index contributed by atoms with van der Waals surface area (Å²) in [6, 6.07) is 2.93. The Kier molecular flexibility index (Phi) is 8.83. The van der Waals surface area contributed by atoms with Gasteiger partial charge in [-0.3, -0.25) is 0 Å². The quantitative estimate of drug-likeness (QED) is 0.404. The Bertz CT molecular complexity index is 655. The van der Waals surface area contributed by atoms with Crippen molar-refractivity contribution in [1.29, 1.82) is 0 Å². The van der Waals surface area contributed by atoms with E-state index in [0.717, 1.165) is 36.5 Å². The van der Waals surface area contributed by atoms with Crippen LogP contribution in [0.2, 0.25) is 0 Å². The molecule has 1 aromatic carbocycles. The van der Waals surface area contributed by atoms with Crippen LogP contribution in [-0.4, -0.2) is 13.2 Å². The third-order valence-electron chi connectivity index (χ3n) is 7.66. The molecule has 170 valence electrons. The lowest BCUT2D eigenvalue weighted by Gasteiger charge is -2.40. The second kappa shape index (κ2) is 11.3. The largest absolute Gasteiger partial charge is 0.491 e. The van der Waals surface area contributed by atoms with Crippen molar-refractivity contribution in [2.45, 2.75) is 85.0 Å². The lowest BCUT2D eigenvalue weighted by molar-refractivity contribution is 0.0941. The van der Waals surface area contributed by atoms with Crippen LogP contribution in [0, 0.1) is 41.2 Å². The number of benzene rings is 1. The summed E-state index contributed by atoms with van der Waals surface area (Å²) in [7, 11) is 0. The second-order valence-electron chi connectivity index (χ2n) is 9.67. The van der Waals surface area contributed by atoms with Crippen LogP contribution in [0.25, 0.3) is 0 Å². The molecule has 30 heavy (non-hydrogen) atoms. The SMILES string of the molecule is CCCCC1CCC(C2CCC(COc3ccc(OCC)c(F)c3F)CC2)CC1C. The summed E-state index contributed by atoms with van der Waals surface area (Å²) >= 11 is 0. The summed E-state index contributed by atoms with van der Waals surface area (Å²) in [6.07, 6.45) is 13.1. The second-order valence-corrected chi connectivity index (χ2v) is 9.67. The predicted octanol–water partition coefficient (Wildman–Crippen LogP) is 7.79. The lowest BCUT2D eigenvalue weighted by atomic mass is 9.65. The Morgan fingerprint density at radius 2 is 1.50 bits per heavy atom. The molecule has 2 aliphatic rings. The zero-order valence-corrected chi connectivity index (χ0v) is 19.1. The van der Waals surface area contributed by atoms with Crippen LogP contribution in [0.1, 0.15) is 85.0 Å². The molecular formula is C26H40F2O2. The molecule has 0 aliphatic heterocycles. The Balaban J connectivity index is 1.43. The zero-order chi connectivity index (χ0) is 21.5. The van der Waals surface area contributed by atoms with E-state index in [9.17, 15) is 8.78 Å². The van der Waals surface area contributed by atoms with Crippen LogP contribution in [0.15, 0.2) is 12.1 Å². The van der Waals surface area contributed by atoms with Crippen molar-refractivity contribution < 1.29 is 18.3 Å². The van der Waals surface area contributed by atoms with Gasteiger partial charge >= 0.3 is 0 Å². The van der Waals surface area contributed by atoms with Crippen LogP contribution in [0.5, 0.6) is 11.5 Å². The van der Waals surface area contributed by atoms with Crippen molar-refractivity contribution >= 4 is 0 Å². The van der Waals surface area contributed by atoms with E-state index in [0.29, 0.717) is 19.1 Å². The first-order valence-electron chi connectivity index (χ1n) is 12.3. The molecule has 3 unspecified atom stereocenters. The van der Waals surface area contributed by atoms with E-state index in [1.165, 1.54) is 63.5 Å². The van der Waals surface area contributed by atoms with Gasteiger partial charge in [-0.15, -0.1) is 0 Å². The van der Waals surface area contributed by atoms with E-state index >= 15 is 0 Å². The average molecular weight is 423 g/mol. The van der Waals surface area contributed by atoms with E-state index in [1.807, 2.05) is 0 Å². The highest BCUT2D eigenvalue weighted by Crippen LogP contribution is 2.44. The van der Waals surface area contributed by atoms with Crippen molar-refractivity contribution in [1.82, 2.24) is 0 Å². The van der Waals surface area contributed by atoms with Gasteiger partial charge < -0.3 is 9.47 Å². The van der Waals surface area contributed by atoms with Crippen molar-refractivity contribution in [3.05, 3.63) is 23.8 Å². The van der Waals surface area contributed by atoms with E-state index in [2.05, 4.69) is 13.8 Å². The van der Waals surface area contributed by atoms with Gasteiger partial charge in [-0.25, -0.2) is 0 Å². The molecular weight excluding hydrogens is 382 g/mol. The van der Waals surface area contributed by atoms with E-state index in [-0.39, 0.29) is 11.5 Å². The Morgan fingerprint density at radius 1 is 0.867 bits per heavy atom. The fourth-order valence-corrected chi connectivity index (χ4v) is 5.75. The molecule has 0 amide bonds. The van der Waals surface area contributed by atoms with Gasteiger partial charge in [0.2, 0.25) is 11.6 Å². The predicted molar refractivity (Wildman–Crippen MR) is 118 cm³/mol. The molecule has 2 aliphatic carbocycles. The molecule has 3 rings (SSSR count). The normalized spacial score (nSPS) is 29.6. The van der Waals surface area contributed by atoms with Gasteiger partial charge in [0.15, 0.2) is 11.5 Å². The maximum absolute atomic E-state index is 14.2. The minimum absolute atomic E-state index is 0.00250. The monoisotopic (exact) mass is 422 g/mol. The number of unbranched alkanes of at least 4 members (excludes halogenated alkanes) is 1. The Labute approximate surface area is 181 Å². The Hall–Kier alpha value is -1.32. The highest BCUT2D eigenvalue weighted by molar-refractivity contribution is 5.35. The van der Waals surface area contributed by atoms with Gasteiger partial charge in [-0.05, 0) is 93.6 Å². The number of hydrogen-bond donors (Lipinski definition) is 0. The molecule has 0 aromatic heterocycles. The van der Waals surface area contributed by atoms with Crippen molar-refractivity contribution in [3.8, 4) is 11.5 Å². The number of halogens is 2. The standard InChI is InChI=1S/C26H40F2O2/c1-4-6-7-20-12-13-22(16-18(20)3)21-10-8-19(9-11-21)17-30-24-15-14-23(29-5-2)25(27)26(24)28/h14-15,18-22H,4-13,16-17H2,1-3H3. The molecule has 0 heterocycles. The molecule has 2 fully saturated rings. The number of hydrogen-bond acceptors (Lipinski definition) is 2.